The molecule has 3 N–H and O–H groups in total. The largest absolute Gasteiger partial charge is 0.361 e. The van der Waals surface area contributed by atoms with E-state index in [9.17, 15) is 0 Å². The zero-order valence-electron chi connectivity index (χ0n) is 7.12. The number of fused-ring (bicyclic) bond motifs is 1. The van der Waals surface area contributed by atoms with Gasteiger partial charge in [-0.15, -0.1) is 6.42 Å². The molecule has 1 heterocycles. The molecule has 0 radical (unpaired) electrons. The zero-order valence-corrected chi connectivity index (χ0v) is 7.12. The Morgan fingerprint density at radius 2 is 2.15 bits per heavy atom. The van der Waals surface area contributed by atoms with Crippen molar-refractivity contribution in [2.24, 2.45) is 5.73 Å². The summed E-state index contributed by atoms with van der Waals surface area (Å²) in [6, 6.07) is 7.64. The summed E-state index contributed by atoms with van der Waals surface area (Å²) in [4.78, 5) is 3.13. The number of rotatable bonds is 1. The molecule has 2 aromatic rings. The van der Waals surface area contributed by atoms with Gasteiger partial charge in [0.25, 0.3) is 0 Å². The van der Waals surface area contributed by atoms with Crippen LogP contribution in [0.25, 0.3) is 10.9 Å². The predicted octanol–water partition coefficient (Wildman–Crippen LogP) is 1.80. The summed E-state index contributed by atoms with van der Waals surface area (Å²) >= 11 is 0. The number of benzene rings is 1. The molecule has 1 atom stereocenters. The van der Waals surface area contributed by atoms with E-state index in [1.54, 1.807) is 0 Å². The van der Waals surface area contributed by atoms with Crippen molar-refractivity contribution in [3.63, 3.8) is 0 Å². The van der Waals surface area contributed by atoms with Crippen LogP contribution >= 0.6 is 0 Å². The van der Waals surface area contributed by atoms with Crippen LogP contribution in [0.1, 0.15) is 11.6 Å². The van der Waals surface area contributed by atoms with Crippen LogP contribution in [0.15, 0.2) is 30.5 Å². The first-order valence-electron chi connectivity index (χ1n) is 4.10. The standard InChI is InChI=1S/C11H10N2/c1-2-10(12)9-7-13-11-6-4-3-5-8(9)11/h1,3-7,10,13H,12H2. The molecule has 2 rings (SSSR count). The predicted molar refractivity (Wildman–Crippen MR) is 54.1 cm³/mol. The van der Waals surface area contributed by atoms with Crippen molar-refractivity contribution in [1.29, 1.82) is 0 Å². The molecule has 0 fully saturated rings. The summed E-state index contributed by atoms with van der Waals surface area (Å²) < 4.78 is 0. The molecule has 0 aliphatic heterocycles. The van der Waals surface area contributed by atoms with Gasteiger partial charge in [0.1, 0.15) is 0 Å². The summed E-state index contributed by atoms with van der Waals surface area (Å²) in [6.07, 6.45) is 7.14. The smallest absolute Gasteiger partial charge is 0.0938 e. The highest BCUT2D eigenvalue weighted by Crippen LogP contribution is 2.21. The molecule has 2 nitrogen and oxygen atoms in total. The highest BCUT2D eigenvalue weighted by Gasteiger charge is 2.07. The van der Waals surface area contributed by atoms with Gasteiger partial charge in [-0.1, -0.05) is 24.1 Å². The van der Waals surface area contributed by atoms with E-state index in [-0.39, 0.29) is 6.04 Å². The molecule has 1 aromatic heterocycles. The number of nitrogens with one attached hydrogen (secondary N) is 1. The average molecular weight is 170 g/mol. The molecule has 0 bridgehead atoms. The summed E-state index contributed by atoms with van der Waals surface area (Å²) in [7, 11) is 0. The fraction of sp³-hybridized carbons (Fsp3) is 0.0909. The molecule has 1 aromatic carbocycles. The normalized spacial score (nSPS) is 12.6. The van der Waals surface area contributed by atoms with Crippen LogP contribution in [0.3, 0.4) is 0 Å². The summed E-state index contributed by atoms with van der Waals surface area (Å²) in [6.45, 7) is 0. The summed E-state index contributed by atoms with van der Waals surface area (Å²) in [5.74, 6) is 2.52. The molecule has 1 unspecified atom stereocenters. The molecule has 64 valence electrons. The first-order chi connectivity index (χ1) is 6.33. The lowest BCUT2D eigenvalue weighted by Crippen LogP contribution is -2.05. The van der Waals surface area contributed by atoms with Crippen molar-refractivity contribution in [1.82, 2.24) is 4.98 Å². The Morgan fingerprint density at radius 1 is 1.38 bits per heavy atom. The van der Waals surface area contributed by atoms with Gasteiger partial charge in [0.05, 0.1) is 6.04 Å². The minimum Gasteiger partial charge on any atom is -0.361 e. The third-order valence-electron chi connectivity index (χ3n) is 2.14. The van der Waals surface area contributed by atoms with Gasteiger partial charge in [-0.2, -0.15) is 0 Å². The number of hydrogen-bond donors (Lipinski definition) is 2. The van der Waals surface area contributed by atoms with E-state index >= 15 is 0 Å². The van der Waals surface area contributed by atoms with E-state index in [0.29, 0.717) is 0 Å². The minimum absolute atomic E-state index is 0.323. The van der Waals surface area contributed by atoms with E-state index in [1.807, 2.05) is 30.5 Å². The van der Waals surface area contributed by atoms with Crippen molar-refractivity contribution in [2.75, 3.05) is 0 Å². The zero-order chi connectivity index (χ0) is 9.26. The highest BCUT2D eigenvalue weighted by molar-refractivity contribution is 5.83. The maximum absolute atomic E-state index is 5.75. The number of para-hydroxylation sites is 1. The van der Waals surface area contributed by atoms with Crippen LogP contribution in [0, 0.1) is 12.3 Å². The number of hydrogen-bond acceptors (Lipinski definition) is 1. The van der Waals surface area contributed by atoms with Gasteiger partial charge in [-0.3, -0.25) is 0 Å². The third kappa shape index (κ3) is 1.20. The van der Waals surface area contributed by atoms with E-state index in [1.165, 1.54) is 0 Å². The van der Waals surface area contributed by atoms with E-state index in [4.69, 9.17) is 12.2 Å². The number of aromatic nitrogens is 1. The Labute approximate surface area is 76.8 Å². The molecule has 0 aliphatic carbocycles. The second-order valence-corrected chi connectivity index (χ2v) is 2.93. The monoisotopic (exact) mass is 170 g/mol. The van der Waals surface area contributed by atoms with Crippen LogP contribution in [0.4, 0.5) is 0 Å². The van der Waals surface area contributed by atoms with Gasteiger partial charge < -0.3 is 10.7 Å². The molecule has 0 saturated carbocycles. The second-order valence-electron chi connectivity index (χ2n) is 2.93. The topological polar surface area (TPSA) is 41.8 Å². The lowest BCUT2D eigenvalue weighted by molar-refractivity contribution is 0.957. The highest BCUT2D eigenvalue weighted by atomic mass is 14.7. The lowest BCUT2D eigenvalue weighted by Gasteiger charge is -2.00. The number of aromatic amines is 1. The molecular weight excluding hydrogens is 160 g/mol. The number of H-pyrrole nitrogens is 1. The number of terminal acetylenes is 1. The molecule has 0 saturated heterocycles. The third-order valence-corrected chi connectivity index (χ3v) is 2.14. The van der Waals surface area contributed by atoms with Gasteiger partial charge in [-0.25, -0.2) is 0 Å². The molecule has 2 heteroatoms. The second kappa shape index (κ2) is 2.96. The summed E-state index contributed by atoms with van der Waals surface area (Å²) in [5.41, 5.74) is 7.81. The van der Waals surface area contributed by atoms with Gasteiger partial charge in [0.2, 0.25) is 0 Å². The van der Waals surface area contributed by atoms with Gasteiger partial charge in [-0.05, 0) is 6.07 Å². The molecule has 0 amide bonds. The lowest BCUT2D eigenvalue weighted by atomic mass is 10.1. The van der Waals surface area contributed by atoms with Crippen LogP contribution in [0.5, 0.6) is 0 Å². The SMILES string of the molecule is C#CC(N)c1c[nH]c2ccccc12. The molecule has 0 spiro atoms. The van der Waals surface area contributed by atoms with Crippen LogP contribution in [-0.2, 0) is 0 Å². The Bertz CT molecular complexity index is 462. The quantitative estimate of drug-likeness (QED) is 0.629. The molecule has 0 aliphatic rings. The molecular formula is C11H10N2. The van der Waals surface area contributed by atoms with Crippen molar-refractivity contribution >= 4 is 10.9 Å². The van der Waals surface area contributed by atoms with Crippen LogP contribution in [-0.4, -0.2) is 4.98 Å². The van der Waals surface area contributed by atoms with Crippen molar-refractivity contribution < 1.29 is 0 Å². The van der Waals surface area contributed by atoms with Gasteiger partial charge in [0.15, 0.2) is 0 Å². The molecule has 13 heavy (non-hydrogen) atoms. The van der Waals surface area contributed by atoms with E-state index < -0.39 is 0 Å². The number of nitrogens with two attached hydrogens (primary N) is 1. The maximum atomic E-state index is 5.75. The van der Waals surface area contributed by atoms with Gasteiger partial charge in [0, 0.05) is 22.7 Å². The summed E-state index contributed by atoms with van der Waals surface area (Å²) in [5, 5.41) is 1.10. The van der Waals surface area contributed by atoms with Crippen molar-refractivity contribution in [2.45, 2.75) is 6.04 Å². The average Bonchev–Trinajstić information content (AvgIpc) is 2.60. The minimum atomic E-state index is -0.323. The fourth-order valence-corrected chi connectivity index (χ4v) is 1.44. The van der Waals surface area contributed by atoms with Gasteiger partial charge >= 0.3 is 0 Å². The van der Waals surface area contributed by atoms with Crippen LogP contribution in [0.2, 0.25) is 0 Å². The maximum Gasteiger partial charge on any atom is 0.0938 e. The Balaban J connectivity index is 2.66. The van der Waals surface area contributed by atoms with E-state index in [2.05, 4.69) is 10.9 Å². The Kier molecular flexibility index (Phi) is 1.80. The van der Waals surface area contributed by atoms with Crippen molar-refractivity contribution in [3.8, 4) is 12.3 Å². The van der Waals surface area contributed by atoms with Crippen molar-refractivity contribution in [3.05, 3.63) is 36.0 Å². The Hall–Kier alpha value is -1.72. The van der Waals surface area contributed by atoms with E-state index in [0.717, 1.165) is 16.5 Å². The first-order valence-corrected chi connectivity index (χ1v) is 4.10. The Morgan fingerprint density at radius 3 is 2.92 bits per heavy atom. The first kappa shape index (κ1) is 7.90. The van der Waals surface area contributed by atoms with Crippen LogP contribution < -0.4 is 5.73 Å². The fourth-order valence-electron chi connectivity index (χ4n) is 1.44.